The van der Waals surface area contributed by atoms with Crippen molar-refractivity contribution in [2.75, 3.05) is 7.11 Å². The lowest BCUT2D eigenvalue weighted by Gasteiger charge is -2.12. The van der Waals surface area contributed by atoms with E-state index in [1.54, 1.807) is 32.2 Å². The Labute approximate surface area is 151 Å². The zero-order valence-electron chi connectivity index (χ0n) is 14.9. The number of hydrogen-bond acceptors (Lipinski definition) is 5. The van der Waals surface area contributed by atoms with Gasteiger partial charge in [0, 0.05) is 23.6 Å². The summed E-state index contributed by atoms with van der Waals surface area (Å²) in [5, 5.41) is 0.791. The average molecular weight is 352 g/mol. The van der Waals surface area contributed by atoms with E-state index in [-0.39, 0.29) is 18.2 Å². The number of aryl methyl sites for hydroxylation is 1. The second-order valence-electron chi connectivity index (χ2n) is 6.12. The van der Waals surface area contributed by atoms with Gasteiger partial charge in [-0.2, -0.15) is 0 Å². The van der Waals surface area contributed by atoms with Crippen LogP contribution >= 0.6 is 0 Å². The summed E-state index contributed by atoms with van der Waals surface area (Å²) in [7, 11) is 1.54. The van der Waals surface area contributed by atoms with Crippen LogP contribution in [0, 0.1) is 6.92 Å². The number of esters is 1. The SMILES string of the molecule is COCc1c(C(=O)OC(C)C(=O)c2ccc(C)cc2)oc2ccccc12. The van der Waals surface area contributed by atoms with Crippen LogP contribution in [0.5, 0.6) is 0 Å². The van der Waals surface area contributed by atoms with Crippen molar-refractivity contribution in [3.8, 4) is 0 Å². The number of ether oxygens (including phenoxy) is 2. The highest BCUT2D eigenvalue weighted by molar-refractivity contribution is 6.02. The molecule has 0 saturated heterocycles. The maximum Gasteiger partial charge on any atom is 0.375 e. The molecule has 0 fully saturated rings. The van der Waals surface area contributed by atoms with Gasteiger partial charge in [-0.05, 0) is 19.9 Å². The molecule has 1 atom stereocenters. The van der Waals surface area contributed by atoms with Crippen molar-refractivity contribution < 1.29 is 23.5 Å². The zero-order chi connectivity index (χ0) is 18.7. The molecule has 0 aliphatic rings. The molecule has 1 unspecified atom stereocenters. The lowest BCUT2D eigenvalue weighted by atomic mass is 10.1. The molecule has 0 aliphatic heterocycles. The minimum Gasteiger partial charge on any atom is -0.449 e. The molecule has 26 heavy (non-hydrogen) atoms. The fourth-order valence-corrected chi connectivity index (χ4v) is 2.77. The Kier molecular flexibility index (Phi) is 5.19. The van der Waals surface area contributed by atoms with Gasteiger partial charge in [0.25, 0.3) is 0 Å². The average Bonchev–Trinajstić information content (AvgIpc) is 3.01. The highest BCUT2D eigenvalue weighted by atomic mass is 16.6. The van der Waals surface area contributed by atoms with Gasteiger partial charge >= 0.3 is 5.97 Å². The van der Waals surface area contributed by atoms with Crippen LogP contribution in [0.2, 0.25) is 0 Å². The third kappa shape index (κ3) is 3.53. The molecule has 0 aliphatic carbocycles. The molecule has 0 amide bonds. The Morgan fingerprint density at radius 3 is 2.46 bits per heavy atom. The number of fused-ring (bicyclic) bond motifs is 1. The fourth-order valence-electron chi connectivity index (χ4n) is 2.77. The Bertz CT molecular complexity index is 937. The first-order valence-corrected chi connectivity index (χ1v) is 8.32. The van der Waals surface area contributed by atoms with Gasteiger partial charge in [-0.15, -0.1) is 0 Å². The van der Waals surface area contributed by atoms with Crippen LogP contribution in [-0.2, 0) is 16.1 Å². The molecule has 2 aromatic carbocycles. The Morgan fingerprint density at radius 1 is 1.08 bits per heavy atom. The molecule has 0 N–H and O–H groups in total. The highest BCUT2D eigenvalue weighted by Crippen LogP contribution is 2.27. The van der Waals surface area contributed by atoms with Crippen molar-refractivity contribution in [1.82, 2.24) is 0 Å². The van der Waals surface area contributed by atoms with Gasteiger partial charge in [-0.1, -0.05) is 48.0 Å². The van der Waals surface area contributed by atoms with Gasteiger partial charge in [0.15, 0.2) is 6.10 Å². The van der Waals surface area contributed by atoms with Crippen LogP contribution in [0.3, 0.4) is 0 Å². The monoisotopic (exact) mass is 352 g/mol. The molecular formula is C21H20O5. The summed E-state index contributed by atoms with van der Waals surface area (Å²) in [6.45, 7) is 3.71. The smallest absolute Gasteiger partial charge is 0.375 e. The number of carbonyl (C=O) groups is 2. The second kappa shape index (κ2) is 7.54. The van der Waals surface area contributed by atoms with E-state index in [1.807, 2.05) is 37.3 Å². The maximum atomic E-state index is 12.6. The molecule has 134 valence electrons. The lowest BCUT2D eigenvalue weighted by Crippen LogP contribution is -2.24. The van der Waals surface area contributed by atoms with Crippen molar-refractivity contribution in [3.05, 3.63) is 71.0 Å². The van der Waals surface area contributed by atoms with Crippen molar-refractivity contribution in [3.63, 3.8) is 0 Å². The maximum absolute atomic E-state index is 12.6. The Hall–Kier alpha value is -2.92. The van der Waals surface area contributed by atoms with Gasteiger partial charge in [0.05, 0.1) is 6.61 Å². The van der Waals surface area contributed by atoms with Gasteiger partial charge in [0.1, 0.15) is 5.58 Å². The number of hydrogen-bond donors (Lipinski definition) is 0. The summed E-state index contributed by atoms with van der Waals surface area (Å²) in [4.78, 5) is 25.1. The van der Waals surface area contributed by atoms with E-state index in [1.165, 1.54) is 0 Å². The van der Waals surface area contributed by atoms with E-state index < -0.39 is 12.1 Å². The predicted molar refractivity (Wildman–Crippen MR) is 97.3 cm³/mol. The normalized spacial score (nSPS) is 12.1. The van der Waals surface area contributed by atoms with Gasteiger partial charge in [0.2, 0.25) is 11.5 Å². The van der Waals surface area contributed by atoms with Crippen LogP contribution < -0.4 is 0 Å². The third-order valence-electron chi connectivity index (χ3n) is 4.16. The highest BCUT2D eigenvalue weighted by Gasteiger charge is 2.26. The van der Waals surface area contributed by atoms with E-state index in [4.69, 9.17) is 13.9 Å². The Morgan fingerprint density at radius 2 is 1.77 bits per heavy atom. The molecule has 1 heterocycles. The Balaban J connectivity index is 1.83. The number of Topliss-reactive ketones (excluding diaryl/α,β-unsaturated/α-hetero) is 1. The van der Waals surface area contributed by atoms with E-state index in [9.17, 15) is 9.59 Å². The van der Waals surface area contributed by atoms with E-state index in [0.717, 1.165) is 10.9 Å². The predicted octanol–water partition coefficient (Wildman–Crippen LogP) is 4.32. The largest absolute Gasteiger partial charge is 0.449 e. The molecular weight excluding hydrogens is 332 g/mol. The van der Waals surface area contributed by atoms with Crippen LogP contribution in [0.1, 0.15) is 39.0 Å². The quantitative estimate of drug-likeness (QED) is 0.488. The van der Waals surface area contributed by atoms with Crippen LogP contribution in [0.4, 0.5) is 0 Å². The molecule has 0 bridgehead atoms. The number of benzene rings is 2. The number of methoxy groups -OCH3 is 1. The third-order valence-corrected chi connectivity index (χ3v) is 4.16. The van der Waals surface area contributed by atoms with Crippen LogP contribution in [-0.4, -0.2) is 25.0 Å². The minimum absolute atomic E-state index is 0.0663. The van der Waals surface area contributed by atoms with Crippen LogP contribution in [0.25, 0.3) is 11.0 Å². The van der Waals surface area contributed by atoms with Crippen LogP contribution in [0.15, 0.2) is 52.9 Å². The first-order valence-electron chi connectivity index (χ1n) is 8.32. The van der Waals surface area contributed by atoms with Crippen molar-refractivity contribution >= 4 is 22.7 Å². The second-order valence-corrected chi connectivity index (χ2v) is 6.12. The number of furan rings is 1. The number of ketones is 1. The molecule has 5 heteroatoms. The summed E-state index contributed by atoms with van der Waals surface area (Å²) in [5.74, 6) is -0.874. The van der Waals surface area contributed by atoms with E-state index in [0.29, 0.717) is 16.7 Å². The summed E-state index contributed by atoms with van der Waals surface area (Å²) in [6, 6.07) is 14.4. The van der Waals surface area contributed by atoms with Crippen molar-refractivity contribution in [1.29, 1.82) is 0 Å². The summed E-state index contributed by atoms with van der Waals surface area (Å²) >= 11 is 0. The first-order chi connectivity index (χ1) is 12.5. The summed E-state index contributed by atoms with van der Waals surface area (Å²) in [6.07, 6.45) is -0.922. The molecule has 3 aromatic rings. The summed E-state index contributed by atoms with van der Waals surface area (Å²) in [5.41, 5.74) is 2.74. The lowest BCUT2D eigenvalue weighted by molar-refractivity contribution is 0.0286. The van der Waals surface area contributed by atoms with Crippen molar-refractivity contribution in [2.45, 2.75) is 26.6 Å². The van der Waals surface area contributed by atoms with E-state index in [2.05, 4.69) is 0 Å². The van der Waals surface area contributed by atoms with Gasteiger partial charge in [-0.25, -0.2) is 4.79 Å². The van der Waals surface area contributed by atoms with Crippen molar-refractivity contribution in [2.24, 2.45) is 0 Å². The minimum atomic E-state index is -0.922. The molecule has 1 aromatic heterocycles. The summed E-state index contributed by atoms with van der Waals surface area (Å²) < 4.78 is 16.2. The van der Waals surface area contributed by atoms with Gasteiger partial charge < -0.3 is 13.9 Å². The van der Waals surface area contributed by atoms with E-state index >= 15 is 0 Å². The topological polar surface area (TPSA) is 65.7 Å². The number of carbonyl (C=O) groups excluding carboxylic acids is 2. The molecule has 0 saturated carbocycles. The standard InChI is InChI=1S/C21H20O5/c1-13-8-10-15(11-9-13)19(22)14(2)25-21(23)20-17(12-24-3)16-6-4-5-7-18(16)26-20/h4-11,14H,12H2,1-3H3. The molecule has 0 spiro atoms. The molecule has 0 radical (unpaired) electrons. The number of para-hydroxylation sites is 1. The molecule has 5 nitrogen and oxygen atoms in total. The zero-order valence-corrected chi connectivity index (χ0v) is 14.9. The number of rotatable bonds is 6. The van der Waals surface area contributed by atoms with Gasteiger partial charge in [-0.3, -0.25) is 4.79 Å². The molecule has 3 rings (SSSR count). The fraction of sp³-hybridized carbons (Fsp3) is 0.238. The first kappa shape index (κ1) is 17.9.